The van der Waals surface area contributed by atoms with Gasteiger partial charge in [0.2, 0.25) is 11.9 Å². The molecule has 3 N–H and O–H groups in total. The van der Waals surface area contributed by atoms with Gasteiger partial charge in [-0.3, -0.25) is 15.1 Å². The fourth-order valence-corrected chi connectivity index (χ4v) is 4.53. The Kier molecular flexibility index (Phi) is 8.44. The molecule has 0 fully saturated rings. The molecule has 0 radical (unpaired) electrons. The van der Waals surface area contributed by atoms with E-state index in [2.05, 4.69) is 45.9 Å². The van der Waals surface area contributed by atoms with Crippen molar-refractivity contribution in [3.63, 3.8) is 0 Å². The number of aromatic nitrogens is 6. The molecule has 0 aliphatic carbocycles. The minimum absolute atomic E-state index is 0.0529. The maximum absolute atomic E-state index is 15.2. The van der Waals surface area contributed by atoms with E-state index in [0.717, 1.165) is 12.8 Å². The van der Waals surface area contributed by atoms with Crippen molar-refractivity contribution in [2.24, 2.45) is 4.99 Å². The van der Waals surface area contributed by atoms with Gasteiger partial charge in [0.15, 0.2) is 0 Å². The van der Waals surface area contributed by atoms with Crippen LogP contribution in [0.1, 0.15) is 43.1 Å². The predicted molar refractivity (Wildman–Crippen MR) is 151 cm³/mol. The summed E-state index contributed by atoms with van der Waals surface area (Å²) in [6.45, 7) is 0. The van der Waals surface area contributed by atoms with Crippen LogP contribution in [0.3, 0.4) is 0 Å². The number of aromatic amines is 1. The molecule has 3 heterocycles. The molecule has 2 amide bonds. The van der Waals surface area contributed by atoms with Crippen LogP contribution < -0.4 is 10.6 Å². The van der Waals surface area contributed by atoms with Crippen LogP contribution in [0.4, 0.5) is 20.6 Å². The summed E-state index contributed by atoms with van der Waals surface area (Å²) in [5.41, 5.74) is 2.62. The molecule has 2 aromatic carbocycles. The molecule has 5 rings (SSSR count). The van der Waals surface area contributed by atoms with Crippen LogP contribution in [0.25, 0.3) is 23.0 Å². The highest BCUT2D eigenvalue weighted by Gasteiger charge is 2.23. The summed E-state index contributed by atoms with van der Waals surface area (Å²) in [7, 11) is 1.26. The number of hydrogen-bond acceptors (Lipinski definition) is 8. The molecule has 0 saturated carbocycles. The predicted octanol–water partition coefficient (Wildman–Crippen LogP) is 5.17. The first-order valence-electron chi connectivity index (χ1n) is 12.7. The maximum Gasteiger partial charge on any atom is 0.411 e. The fraction of sp³-hybridized carbons (Fsp3) is 0.222. The van der Waals surface area contributed by atoms with Gasteiger partial charge in [0.1, 0.15) is 17.8 Å². The third-order valence-corrected chi connectivity index (χ3v) is 6.55. The highest BCUT2D eigenvalue weighted by Crippen LogP contribution is 2.35. The lowest BCUT2D eigenvalue weighted by atomic mass is 10.1. The van der Waals surface area contributed by atoms with E-state index in [0.29, 0.717) is 46.1 Å². The molecule has 12 nitrogen and oxygen atoms in total. The second-order valence-electron chi connectivity index (χ2n) is 9.08. The van der Waals surface area contributed by atoms with E-state index in [-0.39, 0.29) is 11.5 Å². The average Bonchev–Trinajstić information content (AvgIpc) is 3.63. The smallest absolute Gasteiger partial charge is 0.411 e. The zero-order valence-corrected chi connectivity index (χ0v) is 22.6. The maximum atomic E-state index is 15.2. The quantitative estimate of drug-likeness (QED) is 0.277. The second kappa shape index (κ2) is 12.5. The number of halogens is 2. The highest BCUT2D eigenvalue weighted by atomic mass is 35.5. The van der Waals surface area contributed by atoms with Crippen molar-refractivity contribution in [1.82, 2.24) is 35.5 Å². The molecule has 2 aromatic heterocycles. The summed E-state index contributed by atoms with van der Waals surface area (Å²) >= 11 is 6.17. The number of methoxy groups -OCH3 is 1. The number of amides is 2. The van der Waals surface area contributed by atoms with E-state index in [1.807, 2.05) is 0 Å². The normalized spacial score (nSPS) is 15.0. The molecule has 1 atom stereocenters. The number of fused-ring (bicyclic) bond motifs is 4. The van der Waals surface area contributed by atoms with E-state index in [4.69, 9.17) is 11.6 Å². The van der Waals surface area contributed by atoms with Crippen LogP contribution in [0.5, 0.6) is 0 Å². The Morgan fingerprint density at radius 3 is 2.90 bits per heavy atom. The Morgan fingerprint density at radius 1 is 1.22 bits per heavy atom. The standard InChI is InChI=1S/C27H25ClFN9O3/c1-41-27(40)32-18-8-9-19-21(14-18)30-12-4-2-3-5-20(26-34-24(19)25(29)35-26)33-23(39)11-6-16-13-17(28)7-10-22(16)38-15-31-36-37-38/h6-15,20H,2-5H2,1H3,(H,32,40)(H,33,39)(H,34,35)/t20-/m0/s1. The molecule has 0 spiro atoms. The van der Waals surface area contributed by atoms with Gasteiger partial charge in [-0.05, 0) is 72.2 Å². The third-order valence-electron chi connectivity index (χ3n) is 6.32. The fourth-order valence-electron chi connectivity index (χ4n) is 4.35. The second-order valence-corrected chi connectivity index (χ2v) is 9.52. The SMILES string of the molecule is COC(=O)Nc1ccc2c(c1)N=CCCCC[C@H](NC(=O)C=Cc1cc(Cl)ccc1-n1cnnn1)c1nc-2c(F)[nH]1. The van der Waals surface area contributed by atoms with Crippen molar-refractivity contribution >= 4 is 47.3 Å². The lowest BCUT2D eigenvalue weighted by molar-refractivity contribution is -0.117. The number of rotatable bonds is 5. The minimum atomic E-state index is -0.663. The molecule has 0 saturated heterocycles. The first kappa shape index (κ1) is 27.6. The molecular weight excluding hydrogens is 553 g/mol. The molecular formula is C27H25ClFN9O3. The largest absolute Gasteiger partial charge is 0.453 e. The van der Waals surface area contributed by atoms with Gasteiger partial charge < -0.3 is 15.0 Å². The lowest BCUT2D eigenvalue weighted by Gasteiger charge is -2.16. The molecule has 2 bridgehead atoms. The molecule has 210 valence electrons. The minimum Gasteiger partial charge on any atom is -0.453 e. The van der Waals surface area contributed by atoms with Crippen LogP contribution in [0.15, 0.2) is 53.8 Å². The summed E-state index contributed by atoms with van der Waals surface area (Å²) in [5.74, 6) is -0.781. The Hall–Kier alpha value is -4.91. The van der Waals surface area contributed by atoms with Crippen molar-refractivity contribution in [2.45, 2.75) is 31.7 Å². The van der Waals surface area contributed by atoms with Crippen LogP contribution in [0, 0.1) is 5.95 Å². The summed E-state index contributed by atoms with van der Waals surface area (Å²) in [6, 6.07) is 9.40. The van der Waals surface area contributed by atoms with Crippen molar-refractivity contribution in [3.8, 4) is 16.9 Å². The number of nitrogens with zero attached hydrogens (tertiary/aromatic N) is 6. The van der Waals surface area contributed by atoms with E-state index in [1.54, 1.807) is 48.7 Å². The number of ether oxygens (including phenoxy) is 1. The van der Waals surface area contributed by atoms with E-state index >= 15 is 4.39 Å². The molecule has 1 aliphatic rings. The number of benzene rings is 2. The van der Waals surface area contributed by atoms with Crippen molar-refractivity contribution < 1.29 is 18.7 Å². The van der Waals surface area contributed by atoms with Gasteiger partial charge in [0, 0.05) is 34.1 Å². The number of aliphatic imine (C=N–C) groups is 1. The van der Waals surface area contributed by atoms with Gasteiger partial charge in [0.25, 0.3) is 0 Å². The van der Waals surface area contributed by atoms with E-state index < -0.39 is 24.0 Å². The monoisotopic (exact) mass is 577 g/mol. The molecule has 14 heteroatoms. The third kappa shape index (κ3) is 6.64. The average molecular weight is 578 g/mol. The van der Waals surface area contributed by atoms with Crippen molar-refractivity contribution in [3.05, 3.63) is 71.2 Å². The zero-order valence-electron chi connectivity index (χ0n) is 21.8. The highest BCUT2D eigenvalue weighted by molar-refractivity contribution is 6.30. The lowest BCUT2D eigenvalue weighted by Crippen LogP contribution is -2.27. The number of nitrogens with one attached hydrogen (secondary N) is 3. The first-order chi connectivity index (χ1) is 19.9. The summed E-state index contributed by atoms with van der Waals surface area (Å²) in [5, 5.41) is 17.2. The first-order valence-corrected chi connectivity index (χ1v) is 13.1. The van der Waals surface area contributed by atoms with Gasteiger partial charge >= 0.3 is 6.09 Å². The molecule has 4 aromatic rings. The number of tetrazole rings is 1. The number of carbonyl (C=O) groups excluding carboxylic acids is 2. The van der Waals surface area contributed by atoms with Gasteiger partial charge in [-0.25, -0.2) is 9.78 Å². The van der Waals surface area contributed by atoms with E-state index in [9.17, 15) is 9.59 Å². The summed E-state index contributed by atoms with van der Waals surface area (Å²) in [4.78, 5) is 36.4. The van der Waals surface area contributed by atoms with Gasteiger partial charge in [0.05, 0.1) is 24.5 Å². The number of imidazole rings is 1. The summed E-state index contributed by atoms with van der Waals surface area (Å²) in [6.07, 6.45) is 8.24. The Labute approximate surface area is 238 Å². The number of hydrogen-bond donors (Lipinski definition) is 3. The number of carbonyl (C=O) groups is 2. The van der Waals surface area contributed by atoms with Crippen LogP contribution in [-0.4, -0.2) is 55.5 Å². The molecule has 41 heavy (non-hydrogen) atoms. The Balaban J connectivity index is 1.40. The topological polar surface area (TPSA) is 152 Å². The van der Waals surface area contributed by atoms with Crippen LogP contribution in [0.2, 0.25) is 5.02 Å². The van der Waals surface area contributed by atoms with E-state index in [1.165, 1.54) is 24.2 Å². The Morgan fingerprint density at radius 2 is 2.10 bits per heavy atom. The molecule has 0 unspecified atom stereocenters. The Bertz CT molecular complexity index is 1620. The van der Waals surface area contributed by atoms with Gasteiger partial charge in [-0.2, -0.15) is 9.07 Å². The van der Waals surface area contributed by atoms with Gasteiger partial charge in [-0.15, -0.1) is 5.10 Å². The molecule has 1 aliphatic heterocycles. The van der Waals surface area contributed by atoms with Crippen molar-refractivity contribution in [1.29, 1.82) is 0 Å². The summed E-state index contributed by atoms with van der Waals surface area (Å²) < 4.78 is 21.3. The van der Waals surface area contributed by atoms with Crippen LogP contribution in [-0.2, 0) is 9.53 Å². The number of H-pyrrole nitrogens is 1. The zero-order chi connectivity index (χ0) is 28.8. The van der Waals surface area contributed by atoms with Crippen LogP contribution >= 0.6 is 11.6 Å². The van der Waals surface area contributed by atoms with Crippen molar-refractivity contribution in [2.75, 3.05) is 12.4 Å². The van der Waals surface area contributed by atoms with Gasteiger partial charge in [-0.1, -0.05) is 18.0 Å². The number of anilines is 1.